The maximum Gasteiger partial charge on any atom is 0.202 e. The van der Waals surface area contributed by atoms with Crippen LogP contribution in [0.25, 0.3) is 0 Å². The van der Waals surface area contributed by atoms with Crippen molar-refractivity contribution in [2.75, 3.05) is 12.4 Å². The fourth-order valence-corrected chi connectivity index (χ4v) is 2.59. The summed E-state index contributed by atoms with van der Waals surface area (Å²) >= 11 is 6.28. The van der Waals surface area contributed by atoms with E-state index in [9.17, 15) is 0 Å². The first-order valence-electron chi connectivity index (χ1n) is 7.80. The summed E-state index contributed by atoms with van der Waals surface area (Å²) in [5.74, 6) is 1.31. The maximum atomic E-state index is 6.28. The molecule has 6 heteroatoms. The quantitative estimate of drug-likeness (QED) is 0.854. The van der Waals surface area contributed by atoms with Crippen LogP contribution in [-0.4, -0.2) is 19.0 Å². The number of hydrogen-bond acceptors (Lipinski definition) is 5. The van der Waals surface area contributed by atoms with Crippen molar-refractivity contribution in [1.82, 2.24) is 5.48 Å². The number of amidine groups is 1. The van der Waals surface area contributed by atoms with Crippen LogP contribution in [-0.2, 0) is 4.84 Å². The average Bonchev–Trinajstić information content (AvgIpc) is 3.06. The van der Waals surface area contributed by atoms with E-state index in [1.54, 1.807) is 0 Å². The van der Waals surface area contributed by atoms with Crippen molar-refractivity contribution in [3.05, 3.63) is 58.6 Å². The predicted molar refractivity (Wildman–Crippen MR) is 96.7 cm³/mol. The molecule has 1 aliphatic heterocycles. The standard InChI is InChI=1S/C18H20ClN3O2/c1-11(2)23-16-9-6-13(10-15(16)19)17-21-18(24-22-17)12-4-7-14(20-3)8-5-12/h4-11,18,20H,1-3H3,(H,21,22). The van der Waals surface area contributed by atoms with Crippen LogP contribution in [0.15, 0.2) is 47.5 Å². The second-order valence-corrected chi connectivity index (χ2v) is 6.14. The molecule has 2 aromatic carbocycles. The Kier molecular flexibility index (Phi) is 4.92. The Bertz CT molecular complexity index is 744. The Morgan fingerprint density at radius 3 is 2.58 bits per heavy atom. The number of halogens is 1. The Labute approximate surface area is 146 Å². The molecule has 0 radical (unpaired) electrons. The second kappa shape index (κ2) is 7.11. The van der Waals surface area contributed by atoms with Gasteiger partial charge in [0.05, 0.1) is 11.1 Å². The first-order valence-corrected chi connectivity index (χ1v) is 8.18. The van der Waals surface area contributed by atoms with Crippen LogP contribution in [0.2, 0.25) is 5.02 Å². The molecule has 2 aromatic rings. The Morgan fingerprint density at radius 1 is 1.21 bits per heavy atom. The van der Waals surface area contributed by atoms with Crippen molar-refractivity contribution in [2.24, 2.45) is 4.99 Å². The average molecular weight is 346 g/mol. The SMILES string of the molecule is CNc1ccc(C2N=C(c3ccc(OC(C)C)c(Cl)c3)NO2)cc1. The van der Waals surface area contributed by atoms with Gasteiger partial charge < -0.3 is 10.1 Å². The summed E-state index contributed by atoms with van der Waals surface area (Å²) in [4.78, 5) is 10.1. The molecule has 0 spiro atoms. The van der Waals surface area contributed by atoms with E-state index in [4.69, 9.17) is 21.2 Å². The van der Waals surface area contributed by atoms with E-state index in [0.29, 0.717) is 16.6 Å². The van der Waals surface area contributed by atoms with Gasteiger partial charge in [-0.2, -0.15) is 0 Å². The van der Waals surface area contributed by atoms with Crippen LogP contribution in [0.4, 0.5) is 5.69 Å². The molecular formula is C18H20ClN3O2. The van der Waals surface area contributed by atoms with Crippen LogP contribution in [0.1, 0.15) is 31.2 Å². The third kappa shape index (κ3) is 3.63. The summed E-state index contributed by atoms with van der Waals surface area (Å²) in [5.41, 5.74) is 5.74. The molecule has 0 saturated heterocycles. The predicted octanol–water partition coefficient (Wildman–Crippen LogP) is 4.15. The highest BCUT2D eigenvalue weighted by molar-refractivity contribution is 6.32. The molecule has 0 saturated carbocycles. The van der Waals surface area contributed by atoms with E-state index in [2.05, 4.69) is 15.8 Å². The highest BCUT2D eigenvalue weighted by Crippen LogP contribution is 2.29. The zero-order chi connectivity index (χ0) is 17.1. The van der Waals surface area contributed by atoms with E-state index in [0.717, 1.165) is 16.8 Å². The zero-order valence-corrected chi connectivity index (χ0v) is 14.6. The minimum atomic E-state index is -0.378. The second-order valence-electron chi connectivity index (χ2n) is 5.73. The molecular weight excluding hydrogens is 326 g/mol. The Balaban J connectivity index is 1.79. The number of nitrogens with one attached hydrogen (secondary N) is 2. The van der Waals surface area contributed by atoms with Crippen molar-refractivity contribution >= 4 is 23.1 Å². The fourth-order valence-electron chi connectivity index (χ4n) is 2.37. The van der Waals surface area contributed by atoms with Gasteiger partial charge in [0.25, 0.3) is 0 Å². The molecule has 0 aromatic heterocycles. The lowest BCUT2D eigenvalue weighted by molar-refractivity contribution is 0.0377. The van der Waals surface area contributed by atoms with Crippen molar-refractivity contribution in [3.63, 3.8) is 0 Å². The molecule has 0 aliphatic carbocycles. The molecule has 0 bridgehead atoms. The summed E-state index contributed by atoms with van der Waals surface area (Å²) in [7, 11) is 1.88. The van der Waals surface area contributed by atoms with Gasteiger partial charge in [0.1, 0.15) is 5.75 Å². The Hall–Kier alpha value is -2.24. The number of hydroxylamine groups is 1. The van der Waals surface area contributed by atoms with Gasteiger partial charge in [-0.25, -0.2) is 15.3 Å². The van der Waals surface area contributed by atoms with Gasteiger partial charge in [-0.3, -0.25) is 0 Å². The molecule has 1 aliphatic rings. The van der Waals surface area contributed by atoms with Crippen LogP contribution in [0.5, 0.6) is 5.75 Å². The smallest absolute Gasteiger partial charge is 0.202 e. The highest BCUT2D eigenvalue weighted by Gasteiger charge is 2.21. The lowest BCUT2D eigenvalue weighted by Crippen LogP contribution is -2.18. The fraction of sp³-hybridized carbons (Fsp3) is 0.278. The van der Waals surface area contributed by atoms with Crippen molar-refractivity contribution in [2.45, 2.75) is 26.2 Å². The number of aliphatic imine (C=N–C) groups is 1. The number of rotatable bonds is 5. The molecule has 1 atom stereocenters. The largest absolute Gasteiger partial charge is 0.489 e. The molecule has 24 heavy (non-hydrogen) atoms. The first-order chi connectivity index (χ1) is 11.6. The first kappa shape index (κ1) is 16.6. The summed E-state index contributed by atoms with van der Waals surface area (Å²) in [6.45, 7) is 3.93. The van der Waals surface area contributed by atoms with Crippen molar-refractivity contribution in [3.8, 4) is 5.75 Å². The molecule has 3 rings (SSSR count). The summed E-state index contributed by atoms with van der Waals surface area (Å²) in [6.07, 6.45) is -0.306. The number of benzene rings is 2. The third-order valence-corrected chi connectivity index (χ3v) is 3.86. The lowest BCUT2D eigenvalue weighted by atomic mass is 10.1. The van der Waals surface area contributed by atoms with E-state index < -0.39 is 0 Å². The van der Waals surface area contributed by atoms with E-state index in [-0.39, 0.29) is 12.3 Å². The third-order valence-electron chi connectivity index (χ3n) is 3.57. The van der Waals surface area contributed by atoms with Crippen LogP contribution >= 0.6 is 11.6 Å². The summed E-state index contributed by atoms with van der Waals surface area (Å²) in [5, 5.41) is 3.63. The van der Waals surface area contributed by atoms with Gasteiger partial charge in [0, 0.05) is 23.9 Å². The number of nitrogens with zero attached hydrogens (tertiary/aromatic N) is 1. The number of hydrogen-bond donors (Lipinski definition) is 2. The van der Waals surface area contributed by atoms with Gasteiger partial charge in [-0.1, -0.05) is 23.7 Å². The maximum absolute atomic E-state index is 6.28. The molecule has 5 nitrogen and oxygen atoms in total. The molecule has 1 heterocycles. The summed E-state index contributed by atoms with van der Waals surface area (Å²) < 4.78 is 5.65. The minimum Gasteiger partial charge on any atom is -0.489 e. The van der Waals surface area contributed by atoms with Gasteiger partial charge in [-0.05, 0) is 44.2 Å². The normalized spacial score (nSPS) is 16.7. The minimum absolute atomic E-state index is 0.0728. The monoisotopic (exact) mass is 345 g/mol. The van der Waals surface area contributed by atoms with E-state index in [1.165, 1.54) is 0 Å². The van der Waals surface area contributed by atoms with Gasteiger partial charge in [0.15, 0.2) is 5.84 Å². The van der Waals surface area contributed by atoms with Crippen molar-refractivity contribution in [1.29, 1.82) is 0 Å². The van der Waals surface area contributed by atoms with Gasteiger partial charge in [0.2, 0.25) is 6.23 Å². The molecule has 126 valence electrons. The molecule has 0 amide bonds. The van der Waals surface area contributed by atoms with Gasteiger partial charge >= 0.3 is 0 Å². The topological polar surface area (TPSA) is 54.9 Å². The lowest BCUT2D eigenvalue weighted by Gasteiger charge is -2.12. The zero-order valence-electron chi connectivity index (χ0n) is 13.8. The molecule has 2 N–H and O–H groups in total. The number of ether oxygens (including phenoxy) is 1. The van der Waals surface area contributed by atoms with Crippen LogP contribution in [0.3, 0.4) is 0 Å². The number of anilines is 1. The Morgan fingerprint density at radius 2 is 1.96 bits per heavy atom. The van der Waals surface area contributed by atoms with Crippen LogP contribution < -0.4 is 15.5 Å². The van der Waals surface area contributed by atoms with Crippen molar-refractivity contribution < 1.29 is 9.57 Å². The van der Waals surface area contributed by atoms with Crippen LogP contribution in [0, 0.1) is 0 Å². The van der Waals surface area contributed by atoms with Gasteiger partial charge in [-0.15, -0.1) is 0 Å². The van der Waals surface area contributed by atoms with E-state index >= 15 is 0 Å². The highest BCUT2D eigenvalue weighted by atomic mass is 35.5. The van der Waals surface area contributed by atoms with E-state index in [1.807, 2.05) is 63.4 Å². The molecule has 0 fully saturated rings. The summed E-state index contributed by atoms with van der Waals surface area (Å²) in [6, 6.07) is 13.5. The molecule has 1 unspecified atom stereocenters.